The normalized spacial score (nSPS) is 20.4. The minimum Gasteiger partial charge on any atom is -0.449 e. The molecule has 3 rings (SSSR count). The highest BCUT2D eigenvalue weighted by atomic mass is 16.6. The van der Waals surface area contributed by atoms with Gasteiger partial charge in [0.2, 0.25) is 0 Å². The Kier molecular flexibility index (Phi) is 3.19. The molecule has 102 valence electrons. The van der Waals surface area contributed by atoms with E-state index in [1.807, 2.05) is 24.0 Å². The third-order valence-electron chi connectivity index (χ3n) is 4.28. The Morgan fingerprint density at radius 3 is 2.84 bits per heavy atom. The monoisotopic (exact) mass is 260 g/mol. The third kappa shape index (κ3) is 2.00. The lowest BCUT2D eigenvalue weighted by molar-refractivity contribution is 0.158. The molecule has 1 amide bonds. The predicted molar refractivity (Wildman–Crippen MR) is 74.6 cm³/mol. The molecule has 0 bridgehead atoms. The number of amides is 1. The quantitative estimate of drug-likeness (QED) is 0.842. The average molecular weight is 260 g/mol. The van der Waals surface area contributed by atoms with Gasteiger partial charge >= 0.3 is 6.09 Å². The predicted octanol–water partition coefficient (Wildman–Crippen LogP) is 2.28. The van der Waals surface area contributed by atoms with Crippen LogP contribution < -0.4 is 10.2 Å². The van der Waals surface area contributed by atoms with Crippen molar-refractivity contribution in [1.82, 2.24) is 5.32 Å². The summed E-state index contributed by atoms with van der Waals surface area (Å²) in [6.07, 6.45) is 1.95. The summed E-state index contributed by atoms with van der Waals surface area (Å²) in [5.74, 6) is 0. The van der Waals surface area contributed by atoms with Crippen molar-refractivity contribution in [3.05, 3.63) is 29.8 Å². The van der Waals surface area contributed by atoms with Crippen LogP contribution in [0.3, 0.4) is 0 Å². The second-order valence-electron chi connectivity index (χ2n) is 5.33. The summed E-state index contributed by atoms with van der Waals surface area (Å²) in [6.45, 7) is 5.06. The van der Waals surface area contributed by atoms with Crippen LogP contribution >= 0.6 is 0 Å². The molecule has 1 fully saturated rings. The van der Waals surface area contributed by atoms with Crippen LogP contribution in [0.4, 0.5) is 10.5 Å². The maximum atomic E-state index is 12.1. The van der Waals surface area contributed by atoms with E-state index in [2.05, 4.69) is 17.4 Å². The molecule has 0 unspecified atom stereocenters. The van der Waals surface area contributed by atoms with Gasteiger partial charge in [-0.3, -0.25) is 4.90 Å². The molecule has 0 saturated carbocycles. The molecule has 4 heteroatoms. The van der Waals surface area contributed by atoms with Crippen LogP contribution in [-0.2, 0) is 10.2 Å². The van der Waals surface area contributed by atoms with E-state index >= 15 is 0 Å². The Morgan fingerprint density at radius 1 is 1.37 bits per heavy atom. The summed E-state index contributed by atoms with van der Waals surface area (Å²) in [6, 6.07) is 8.26. The van der Waals surface area contributed by atoms with Crippen molar-refractivity contribution >= 4 is 11.8 Å². The Bertz CT molecular complexity index is 481. The summed E-state index contributed by atoms with van der Waals surface area (Å²) in [7, 11) is 0. The Morgan fingerprint density at radius 2 is 2.11 bits per heavy atom. The van der Waals surface area contributed by atoms with E-state index < -0.39 is 0 Å². The lowest BCUT2D eigenvalue weighted by atomic mass is 9.75. The fourth-order valence-corrected chi connectivity index (χ4v) is 3.33. The number of para-hydroxylation sites is 1. The first kappa shape index (κ1) is 12.5. The van der Waals surface area contributed by atoms with Gasteiger partial charge in [-0.05, 0) is 44.5 Å². The van der Waals surface area contributed by atoms with Crippen LogP contribution in [0.25, 0.3) is 0 Å². The zero-order valence-corrected chi connectivity index (χ0v) is 11.3. The van der Waals surface area contributed by atoms with Crippen LogP contribution in [0.2, 0.25) is 0 Å². The maximum absolute atomic E-state index is 12.1. The van der Waals surface area contributed by atoms with Gasteiger partial charge in [-0.15, -0.1) is 0 Å². The van der Waals surface area contributed by atoms with E-state index in [1.54, 1.807) is 0 Å². The summed E-state index contributed by atoms with van der Waals surface area (Å²) >= 11 is 0. The molecular formula is C15H20N2O2. The summed E-state index contributed by atoms with van der Waals surface area (Å²) in [5.41, 5.74) is 2.46. The first-order valence-electron chi connectivity index (χ1n) is 7.01. The number of benzene rings is 1. The third-order valence-corrected chi connectivity index (χ3v) is 4.28. The highest BCUT2D eigenvalue weighted by molar-refractivity contribution is 5.91. The Hall–Kier alpha value is -1.55. The van der Waals surface area contributed by atoms with Crippen molar-refractivity contribution in [1.29, 1.82) is 0 Å². The fourth-order valence-electron chi connectivity index (χ4n) is 3.33. The first-order valence-corrected chi connectivity index (χ1v) is 7.01. The number of carbonyl (C=O) groups is 1. The van der Waals surface area contributed by atoms with E-state index in [4.69, 9.17) is 4.74 Å². The minimum atomic E-state index is -0.217. The standard InChI is InChI=1S/C15H20N2O2/c1-2-19-14(18)17-11-15(7-9-16-10-8-15)12-5-3-4-6-13(12)17/h3-6,16H,2,7-11H2,1H3. The second-order valence-corrected chi connectivity index (χ2v) is 5.33. The number of piperidine rings is 1. The molecule has 2 aliphatic rings. The summed E-state index contributed by atoms with van der Waals surface area (Å²) in [5, 5.41) is 3.40. The van der Waals surface area contributed by atoms with Crippen molar-refractivity contribution in [2.24, 2.45) is 0 Å². The van der Waals surface area contributed by atoms with E-state index in [0.29, 0.717) is 6.61 Å². The van der Waals surface area contributed by atoms with Gasteiger partial charge in [-0.2, -0.15) is 0 Å². The van der Waals surface area contributed by atoms with Gasteiger partial charge in [-0.1, -0.05) is 18.2 Å². The van der Waals surface area contributed by atoms with Crippen LogP contribution in [0.15, 0.2) is 24.3 Å². The van der Waals surface area contributed by atoms with Crippen molar-refractivity contribution in [3.63, 3.8) is 0 Å². The van der Waals surface area contributed by atoms with Crippen LogP contribution in [0.1, 0.15) is 25.3 Å². The lowest BCUT2D eigenvalue weighted by Crippen LogP contribution is -2.44. The van der Waals surface area contributed by atoms with E-state index in [-0.39, 0.29) is 11.5 Å². The number of ether oxygens (including phenoxy) is 1. The molecule has 0 aromatic heterocycles. The van der Waals surface area contributed by atoms with Crippen molar-refractivity contribution in [2.75, 3.05) is 31.1 Å². The van der Waals surface area contributed by atoms with Crippen LogP contribution in [0.5, 0.6) is 0 Å². The smallest absolute Gasteiger partial charge is 0.414 e. The molecule has 1 N–H and O–H groups in total. The molecule has 2 aliphatic heterocycles. The molecule has 0 radical (unpaired) electrons. The molecule has 4 nitrogen and oxygen atoms in total. The molecule has 1 aromatic rings. The van der Waals surface area contributed by atoms with E-state index in [9.17, 15) is 4.79 Å². The number of anilines is 1. The molecule has 19 heavy (non-hydrogen) atoms. The molecule has 2 heterocycles. The number of hydrogen-bond donors (Lipinski definition) is 1. The number of nitrogens with zero attached hydrogens (tertiary/aromatic N) is 1. The van der Waals surface area contributed by atoms with Gasteiger partial charge in [0.1, 0.15) is 0 Å². The van der Waals surface area contributed by atoms with Gasteiger partial charge in [0.05, 0.1) is 12.3 Å². The topological polar surface area (TPSA) is 41.6 Å². The van der Waals surface area contributed by atoms with Gasteiger partial charge in [0.25, 0.3) is 0 Å². The largest absolute Gasteiger partial charge is 0.449 e. The SMILES string of the molecule is CCOC(=O)N1CC2(CCNCC2)c2ccccc21. The Labute approximate surface area is 113 Å². The highest BCUT2D eigenvalue weighted by Gasteiger charge is 2.45. The number of hydrogen-bond acceptors (Lipinski definition) is 3. The van der Waals surface area contributed by atoms with Crippen LogP contribution in [-0.4, -0.2) is 32.3 Å². The van der Waals surface area contributed by atoms with Gasteiger partial charge in [0.15, 0.2) is 0 Å². The number of carbonyl (C=O) groups excluding carboxylic acids is 1. The summed E-state index contributed by atoms with van der Waals surface area (Å²) < 4.78 is 5.19. The van der Waals surface area contributed by atoms with Gasteiger partial charge in [0, 0.05) is 12.0 Å². The zero-order chi connectivity index (χ0) is 13.3. The minimum absolute atomic E-state index is 0.120. The zero-order valence-electron chi connectivity index (χ0n) is 11.3. The summed E-state index contributed by atoms with van der Waals surface area (Å²) in [4.78, 5) is 13.9. The number of rotatable bonds is 1. The van der Waals surface area contributed by atoms with Crippen LogP contribution in [0, 0.1) is 0 Å². The average Bonchev–Trinajstić information content (AvgIpc) is 2.76. The van der Waals surface area contributed by atoms with Crippen molar-refractivity contribution < 1.29 is 9.53 Å². The lowest BCUT2D eigenvalue weighted by Gasteiger charge is -2.34. The highest BCUT2D eigenvalue weighted by Crippen LogP contribution is 2.46. The number of fused-ring (bicyclic) bond motifs is 2. The maximum Gasteiger partial charge on any atom is 0.414 e. The van der Waals surface area contributed by atoms with Gasteiger partial charge in [-0.25, -0.2) is 4.79 Å². The van der Waals surface area contributed by atoms with E-state index in [1.165, 1.54) is 5.56 Å². The Balaban J connectivity index is 1.97. The molecule has 1 spiro atoms. The van der Waals surface area contributed by atoms with Gasteiger partial charge < -0.3 is 10.1 Å². The van der Waals surface area contributed by atoms with Crippen molar-refractivity contribution in [3.8, 4) is 0 Å². The molecule has 0 atom stereocenters. The molecule has 1 aromatic carbocycles. The molecule has 0 aliphatic carbocycles. The van der Waals surface area contributed by atoms with E-state index in [0.717, 1.165) is 38.2 Å². The first-order chi connectivity index (χ1) is 9.27. The molecule has 1 saturated heterocycles. The molecular weight excluding hydrogens is 240 g/mol. The fraction of sp³-hybridized carbons (Fsp3) is 0.533. The number of nitrogens with one attached hydrogen (secondary N) is 1. The van der Waals surface area contributed by atoms with Crippen molar-refractivity contribution in [2.45, 2.75) is 25.2 Å². The second kappa shape index (κ2) is 4.85.